The Bertz CT molecular complexity index is 186. The molecule has 5 nitrogen and oxygen atoms in total. The van der Waals surface area contributed by atoms with Crippen molar-refractivity contribution in [3.63, 3.8) is 0 Å². The lowest BCUT2D eigenvalue weighted by atomic mass is 10.2. The van der Waals surface area contributed by atoms with Gasteiger partial charge in [0.05, 0.1) is 13.2 Å². The molecular formula is C11H24N2O3. The average molecular weight is 232 g/mol. The summed E-state index contributed by atoms with van der Waals surface area (Å²) in [7, 11) is 3.98. The molecule has 0 fully saturated rings. The van der Waals surface area contributed by atoms with Gasteiger partial charge in [-0.3, -0.25) is 4.79 Å². The number of likely N-dealkylation sites (N-methyl/N-ethyl adjacent to an activating group) is 1. The molecule has 0 radical (unpaired) electrons. The summed E-state index contributed by atoms with van der Waals surface area (Å²) < 4.78 is 5.36. The van der Waals surface area contributed by atoms with E-state index >= 15 is 0 Å². The van der Waals surface area contributed by atoms with Crippen LogP contribution in [0.4, 0.5) is 0 Å². The zero-order chi connectivity index (χ0) is 12.4. The van der Waals surface area contributed by atoms with Gasteiger partial charge >= 0.3 is 5.97 Å². The molecule has 0 aliphatic heterocycles. The Labute approximate surface area is 97.8 Å². The highest BCUT2D eigenvalue weighted by molar-refractivity contribution is 5.73. The number of aliphatic carboxylic acids is 1. The van der Waals surface area contributed by atoms with Crippen molar-refractivity contribution in [2.75, 3.05) is 40.4 Å². The molecule has 0 saturated heterocycles. The minimum absolute atomic E-state index is 0.442. The Morgan fingerprint density at radius 1 is 1.44 bits per heavy atom. The molecule has 0 spiro atoms. The third-order valence-corrected chi connectivity index (χ3v) is 2.20. The highest BCUT2D eigenvalue weighted by Crippen LogP contribution is 1.96. The highest BCUT2D eigenvalue weighted by atomic mass is 16.5. The largest absolute Gasteiger partial charge is 0.480 e. The summed E-state index contributed by atoms with van der Waals surface area (Å²) in [5.41, 5.74) is 0. The zero-order valence-electron chi connectivity index (χ0n) is 10.5. The van der Waals surface area contributed by atoms with Crippen molar-refractivity contribution >= 4 is 5.97 Å². The Morgan fingerprint density at radius 2 is 2.12 bits per heavy atom. The number of hydrogen-bond acceptors (Lipinski definition) is 4. The second-order valence-corrected chi connectivity index (χ2v) is 4.05. The summed E-state index contributed by atoms with van der Waals surface area (Å²) in [5.74, 6) is -0.782. The first-order valence-electron chi connectivity index (χ1n) is 5.76. The Morgan fingerprint density at radius 3 is 2.62 bits per heavy atom. The second-order valence-electron chi connectivity index (χ2n) is 4.05. The monoisotopic (exact) mass is 232 g/mol. The number of carbonyl (C=O) groups is 1. The predicted molar refractivity (Wildman–Crippen MR) is 63.7 cm³/mol. The maximum Gasteiger partial charge on any atom is 0.320 e. The molecule has 16 heavy (non-hydrogen) atoms. The molecule has 0 heterocycles. The van der Waals surface area contributed by atoms with Crippen LogP contribution in [-0.4, -0.2) is 62.4 Å². The first-order valence-corrected chi connectivity index (χ1v) is 5.76. The molecule has 0 aromatic carbocycles. The minimum atomic E-state index is -0.782. The van der Waals surface area contributed by atoms with Crippen molar-refractivity contribution in [2.45, 2.75) is 25.8 Å². The third-order valence-electron chi connectivity index (χ3n) is 2.20. The van der Waals surface area contributed by atoms with Crippen molar-refractivity contribution in [1.82, 2.24) is 10.2 Å². The van der Waals surface area contributed by atoms with Crippen LogP contribution in [0.3, 0.4) is 0 Å². The minimum Gasteiger partial charge on any atom is -0.480 e. The Hall–Kier alpha value is -0.650. The number of hydrogen-bond donors (Lipinski definition) is 2. The SMILES string of the molecule is CCCC(NCCOCCN(C)C)C(=O)O. The number of nitrogens with zero attached hydrogens (tertiary/aromatic N) is 1. The molecule has 96 valence electrons. The molecule has 0 amide bonds. The quantitative estimate of drug-likeness (QED) is 0.534. The number of carboxylic acid groups (broad SMARTS) is 1. The molecule has 0 saturated carbocycles. The molecule has 5 heteroatoms. The van der Waals surface area contributed by atoms with Gasteiger partial charge in [0.1, 0.15) is 6.04 Å². The molecular weight excluding hydrogens is 208 g/mol. The maximum absolute atomic E-state index is 10.8. The van der Waals surface area contributed by atoms with Gasteiger partial charge in [-0.05, 0) is 20.5 Å². The van der Waals surface area contributed by atoms with Crippen molar-refractivity contribution < 1.29 is 14.6 Å². The first-order chi connectivity index (χ1) is 7.57. The molecule has 1 atom stereocenters. The summed E-state index contributed by atoms with van der Waals surface area (Å²) in [4.78, 5) is 12.8. The molecule has 0 aliphatic rings. The van der Waals surface area contributed by atoms with Crippen LogP contribution in [0.2, 0.25) is 0 Å². The van der Waals surface area contributed by atoms with E-state index in [-0.39, 0.29) is 0 Å². The molecule has 0 bridgehead atoms. The summed E-state index contributed by atoms with van der Waals surface area (Å²) in [5, 5.41) is 11.8. The van der Waals surface area contributed by atoms with E-state index in [0.717, 1.165) is 13.0 Å². The van der Waals surface area contributed by atoms with Gasteiger partial charge in [0, 0.05) is 13.1 Å². The topological polar surface area (TPSA) is 61.8 Å². The van der Waals surface area contributed by atoms with Crippen LogP contribution >= 0.6 is 0 Å². The van der Waals surface area contributed by atoms with E-state index in [1.807, 2.05) is 25.9 Å². The fourth-order valence-electron chi connectivity index (χ4n) is 1.26. The van der Waals surface area contributed by atoms with Gasteiger partial charge in [0.25, 0.3) is 0 Å². The van der Waals surface area contributed by atoms with Gasteiger partial charge in [0.15, 0.2) is 0 Å². The predicted octanol–water partition coefficient (Wildman–Crippen LogP) is 0.408. The normalized spacial score (nSPS) is 13.0. The van der Waals surface area contributed by atoms with Crippen molar-refractivity contribution in [3.8, 4) is 0 Å². The van der Waals surface area contributed by atoms with Crippen LogP contribution in [0.15, 0.2) is 0 Å². The van der Waals surface area contributed by atoms with E-state index in [1.54, 1.807) is 0 Å². The van der Waals surface area contributed by atoms with E-state index in [2.05, 4.69) is 5.32 Å². The second kappa shape index (κ2) is 9.57. The van der Waals surface area contributed by atoms with Gasteiger partial charge in [-0.1, -0.05) is 13.3 Å². The molecule has 2 N–H and O–H groups in total. The Kier molecular flexibility index (Phi) is 9.18. The van der Waals surface area contributed by atoms with Gasteiger partial charge in [-0.15, -0.1) is 0 Å². The zero-order valence-corrected chi connectivity index (χ0v) is 10.5. The average Bonchev–Trinajstić information content (AvgIpc) is 2.20. The smallest absolute Gasteiger partial charge is 0.320 e. The summed E-state index contributed by atoms with van der Waals surface area (Å²) >= 11 is 0. The van der Waals surface area contributed by atoms with Crippen LogP contribution in [0.25, 0.3) is 0 Å². The fourth-order valence-corrected chi connectivity index (χ4v) is 1.26. The summed E-state index contributed by atoms with van der Waals surface area (Å²) in [6.07, 6.45) is 1.53. The van der Waals surface area contributed by atoms with Crippen molar-refractivity contribution in [1.29, 1.82) is 0 Å². The standard InChI is InChI=1S/C11H24N2O3/c1-4-5-10(11(14)15)12-6-8-16-9-7-13(2)3/h10,12H,4-9H2,1-3H3,(H,14,15). The Balaban J connectivity index is 3.44. The molecule has 0 aromatic heterocycles. The highest BCUT2D eigenvalue weighted by Gasteiger charge is 2.14. The first kappa shape index (κ1) is 15.3. The van der Waals surface area contributed by atoms with Crippen LogP contribution in [0, 0.1) is 0 Å². The van der Waals surface area contributed by atoms with Crippen molar-refractivity contribution in [2.24, 2.45) is 0 Å². The fraction of sp³-hybridized carbons (Fsp3) is 0.909. The number of rotatable bonds is 10. The summed E-state index contributed by atoms with van der Waals surface area (Å²) in [6, 6.07) is -0.442. The number of ether oxygens (including phenoxy) is 1. The van der Waals surface area contributed by atoms with Crippen LogP contribution < -0.4 is 5.32 Å². The van der Waals surface area contributed by atoms with Crippen LogP contribution in [-0.2, 0) is 9.53 Å². The van der Waals surface area contributed by atoms with Gasteiger partial charge in [-0.25, -0.2) is 0 Å². The van der Waals surface area contributed by atoms with E-state index in [4.69, 9.17) is 9.84 Å². The van der Waals surface area contributed by atoms with Gasteiger partial charge < -0.3 is 20.1 Å². The van der Waals surface area contributed by atoms with Crippen LogP contribution in [0.5, 0.6) is 0 Å². The van der Waals surface area contributed by atoms with E-state index in [9.17, 15) is 4.79 Å². The van der Waals surface area contributed by atoms with Crippen molar-refractivity contribution in [3.05, 3.63) is 0 Å². The number of carboxylic acids is 1. The lowest BCUT2D eigenvalue weighted by Crippen LogP contribution is -2.38. The van der Waals surface area contributed by atoms with Gasteiger partial charge in [0.2, 0.25) is 0 Å². The molecule has 1 unspecified atom stereocenters. The molecule has 0 rings (SSSR count). The number of nitrogens with one attached hydrogen (secondary N) is 1. The van der Waals surface area contributed by atoms with Crippen LogP contribution in [0.1, 0.15) is 19.8 Å². The lowest BCUT2D eigenvalue weighted by molar-refractivity contribution is -0.139. The lowest BCUT2D eigenvalue weighted by Gasteiger charge is -2.14. The van der Waals surface area contributed by atoms with Gasteiger partial charge in [-0.2, -0.15) is 0 Å². The third kappa shape index (κ3) is 8.64. The van der Waals surface area contributed by atoms with E-state index in [0.29, 0.717) is 26.2 Å². The van der Waals surface area contributed by atoms with E-state index < -0.39 is 12.0 Å². The van der Waals surface area contributed by atoms with E-state index in [1.165, 1.54) is 0 Å². The molecule has 0 aromatic rings. The molecule has 0 aliphatic carbocycles. The summed E-state index contributed by atoms with van der Waals surface area (Å²) in [6.45, 7) is 4.69. The maximum atomic E-state index is 10.8.